The second-order valence-corrected chi connectivity index (χ2v) is 5.65. The van der Waals surface area contributed by atoms with Crippen LogP contribution in [0.4, 0.5) is 0 Å². The summed E-state index contributed by atoms with van der Waals surface area (Å²) in [4.78, 5) is 11.8. The number of benzene rings is 1. The molecule has 1 atom stereocenters. The minimum absolute atomic E-state index is 0.107. The summed E-state index contributed by atoms with van der Waals surface area (Å²) < 4.78 is 5.28. The molecule has 0 bridgehead atoms. The van der Waals surface area contributed by atoms with Crippen molar-refractivity contribution in [3.8, 4) is 11.1 Å². The Labute approximate surface area is 129 Å². The number of hydrogen-bond donors (Lipinski definition) is 1. The lowest BCUT2D eigenvalue weighted by molar-refractivity contribution is -0.619. The van der Waals surface area contributed by atoms with Gasteiger partial charge in [0.2, 0.25) is 5.69 Å². The van der Waals surface area contributed by atoms with Gasteiger partial charge in [-0.3, -0.25) is 4.79 Å². The summed E-state index contributed by atoms with van der Waals surface area (Å²) in [6.07, 6.45) is 0.128. The number of pyridine rings is 1. The third-order valence-electron chi connectivity index (χ3n) is 3.73. The van der Waals surface area contributed by atoms with Gasteiger partial charge in [-0.2, -0.15) is 4.73 Å². The highest BCUT2D eigenvalue weighted by atomic mass is 16.5. The third-order valence-corrected chi connectivity index (χ3v) is 3.73. The van der Waals surface area contributed by atoms with Crippen molar-refractivity contribution >= 4 is 5.97 Å². The molecule has 5 nitrogen and oxygen atoms in total. The largest absolute Gasteiger partial charge is 0.618 e. The molecule has 0 fully saturated rings. The predicted octanol–water partition coefficient (Wildman–Crippen LogP) is 2.22. The lowest BCUT2D eigenvalue weighted by Gasteiger charge is -2.26. The van der Waals surface area contributed by atoms with Gasteiger partial charge in [0.15, 0.2) is 12.3 Å². The Morgan fingerprint density at radius 3 is 2.36 bits per heavy atom. The van der Waals surface area contributed by atoms with E-state index in [9.17, 15) is 15.1 Å². The summed E-state index contributed by atoms with van der Waals surface area (Å²) >= 11 is 0. The van der Waals surface area contributed by atoms with E-state index in [-0.39, 0.29) is 5.69 Å². The van der Waals surface area contributed by atoms with Gasteiger partial charge in [0, 0.05) is 11.6 Å². The van der Waals surface area contributed by atoms with E-state index in [1.807, 2.05) is 30.3 Å². The SMILES string of the molecule is COC(=O)C(C)(C)[C@H](O)c1ccc(-c2ccccc2)c[n+]1[O-]. The molecule has 0 amide bonds. The molecule has 5 heteroatoms. The molecule has 0 aliphatic rings. The number of nitrogens with zero attached hydrogens (tertiary/aromatic N) is 1. The van der Waals surface area contributed by atoms with E-state index in [0.29, 0.717) is 4.73 Å². The van der Waals surface area contributed by atoms with Crippen molar-refractivity contribution in [2.45, 2.75) is 20.0 Å². The maximum atomic E-state index is 12.2. The average molecular weight is 301 g/mol. The lowest BCUT2D eigenvalue weighted by Crippen LogP contribution is -2.41. The van der Waals surface area contributed by atoms with Gasteiger partial charge < -0.3 is 15.1 Å². The van der Waals surface area contributed by atoms with Crippen LogP contribution in [0.1, 0.15) is 25.6 Å². The van der Waals surface area contributed by atoms with Crippen LogP contribution in [0.25, 0.3) is 11.1 Å². The van der Waals surface area contributed by atoms with Gasteiger partial charge in [0.25, 0.3) is 0 Å². The highest BCUT2D eigenvalue weighted by molar-refractivity contribution is 5.76. The van der Waals surface area contributed by atoms with Gasteiger partial charge >= 0.3 is 5.97 Å². The summed E-state index contributed by atoms with van der Waals surface area (Å²) in [6, 6.07) is 12.7. The third kappa shape index (κ3) is 2.94. The maximum absolute atomic E-state index is 12.2. The quantitative estimate of drug-likeness (QED) is 0.534. The highest BCUT2D eigenvalue weighted by Crippen LogP contribution is 2.33. The molecule has 0 saturated carbocycles. The molecule has 116 valence electrons. The smallest absolute Gasteiger partial charge is 0.314 e. The number of methoxy groups -OCH3 is 1. The van der Waals surface area contributed by atoms with Crippen LogP contribution in [0.5, 0.6) is 0 Å². The standard InChI is InChI=1S/C17H19NO4/c1-17(2,16(20)22-3)15(19)14-10-9-13(11-18(14)21)12-7-5-4-6-8-12/h4-11,15,19H,1-3H3/t15-/m1/s1. The van der Waals surface area contributed by atoms with Crippen LogP contribution in [-0.2, 0) is 9.53 Å². The van der Waals surface area contributed by atoms with Crippen LogP contribution >= 0.6 is 0 Å². The molecule has 0 saturated heterocycles. The van der Waals surface area contributed by atoms with Gasteiger partial charge in [-0.25, -0.2) is 0 Å². The molecular formula is C17H19NO4. The first-order valence-electron chi connectivity index (χ1n) is 6.93. The Morgan fingerprint density at radius 1 is 1.18 bits per heavy atom. The second-order valence-electron chi connectivity index (χ2n) is 5.65. The summed E-state index contributed by atoms with van der Waals surface area (Å²) in [5, 5.41) is 22.6. The van der Waals surface area contributed by atoms with E-state index >= 15 is 0 Å². The van der Waals surface area contributed by atoms with Crippen molar-refractivity contribution < 1.29 is 19.4 Å². The van der Waals surface area contributed by atoms with E-state index in [1.165, 1.54) is 33.2 Å². The first kappa shape index (κ1) is 16.0. The number of hydrogen-bond acceptors (Lipinski definition) is 4. The van der Waals surface area contributed by atoms with Gasteiger partial charge in [-0.05, 0) is 25.5 Å². The van der Waals surface area contributed by atoms with E-state index in [2.05, 4.69) is 4.74 Å². The second kappa shape index (κ2) is 6.15. The molecule has 1 N–H and O–H groups in total. The molecule has 0 unspecified atom stereocenters. The molecule has 0 aliphatic carbocycles. The number of rotatable bonds is 4. The minimum Gasteiger partial charge on any atom is -0.618 e. The fraction of sp³-hybridized carbons (Fsp3) is 0.294. The number of carbonyl (C=O) groups is 1. The van der Waals surface area contributed by atoms with Crippen LogP contribution in [0.15, 0.2) is 48.7 Å². The van der Waals surface area contributed by atoms with Gasteiger partial charge in [-0.15, -0.1) is 0 Å². The fourth-order valence-corrected chi connectivity index (χ4v) is 2.25. The number of ether oxygens (including phenoxy) is 1. The fourth-order valence-electron chi connectivity index (χ4n) is 2.25. The van der Waals surface area contributed by atoms with Gasteiger partial charge in [0.05, 0.1) is 12.5 Å². The molecule has 0 spiro atoms. The van der Waals surface area contributed by atoms with Crippen molar-refractivity contribution in [3.05, 3.63) is 59.6 Å². The number of aromatic nitrogens is 1. The Hall–Kier alpha value is -2.40. The van der Waals surface area contributed by atoms with E-state index in [4.69, 9.17) is 0 Å². The molecular weight excluding hydrogens is 282 g/mol. The van der Waals surface area contributed by atoms with Crippen LogP contribution in [0.3, 0.4) is 0 Å². The zero-order valence-electron chi connectivity index (χ0n) is 12.8. The minimum atomic E-state index is -1.26. The molecule has 0 radical (unpaired) electrons. The summed E-state index contributed by atoms with van der Waals surface area (Å²) in [6.45, 7) is 3.07. The lowest BCUT2D eigenvalue weighted by atomic mass is 9.84. The topological polar surface area (TPSA) is 73.5 Å². The monoisotopic (exact) mass is 301 g/mol. The van der Waals surface area contributed by atoms with Crippen molar-refractivity contribution in [1.82, 2.24) is 0 Å². The Balaban J connectivity index is 2.36. The maximum Gasteiger partial charge on any atom is 0.314 e. The number of esters is 1. The van der Waals surface area contributed by atoms with Crippen LogP contribution < -0.4 is 4.73 Å². The van der Waals surface area contributed by atoms with E-state index in [1.54, 1.807) is 6.07 Å². The predicted molar refractivity (Wildman–Crippen MR) is 81.6 cm³/mol. The highest BCUT2D eigenvalue weighted by Gasteiger charge is 2.41. The van der Waals surface area contributed by atoms with Crippen molar-refractivity contribution in [3.63, 3.8) is 0 Å². The molecule has 2 aromatic rings. The van der Waals surface area contributed by atoms with Crippen LogP contribution in [0, 0.1) is 10.6 Å². The van der Waals surface area contributed by atoms with Crippen molar-refractivity contribution in [2.24, 2.45) is 5.41 Å². The molecule has 1 aromatic carbocycles. The first-order valence-corrected chi connectivity index (χ1v) is 6.93. The molecule has 0 aliphatic heterocycles. The Bertz CT molecular complexity index is 668. The Kier molecular flexibility index (Phi) is 4.47. The molecule has 2 rings (SSSR count). The van der Waals surface area contributed by atoms with Crippen molar-refractivity contribution in [1.29, 1.82) is 0 Å². The van der Waals surface area contributed by atoms with Crippen LogP contribution in [0.2, 0.25) is 0 Å². The summed E-state index contributed by atoms with van der Waals surface area (Å²) in [5.74, 6) is -0.577. The molecule has 1 aromatic heterocycles. The van der Waals surface area contributed by atoms with E-state index < -0.39 is 17.5 Å². The number of aliphatic hydroxyl groups is 1. The van der Waals surface area contributed by atoms with Gasteiger partial charge in [0.1, 0.15) is 0 Å². The average Bonchev–Trinajstić information content (AvgIpc) is 2.54. The van der Waals surface area contributed by atoms with Gasteiger partial charge in [-0.1, -0.05) is 30.3 Å². The summed E-state index contributed by atoms with van der Waals surface area (Å²) in [7, 11) is 1.25. The van der Waals surface area contributed by atoms with Crippen molar-refractivity contribution in [2.75, 3.05) is 7.11 Å². The first-order chi connectivity index (χ1) is 10.4. The number of aliphatic hydroxyl groups excluding tert-OH is 1. The Morgan fingerprint density at radius 2 is 1.82 bits per heavy atom. The normalized spacial score (nSPS) is 12.7. The van der Waals surface area contributed by atoms with E-state index in [0.717, 1.165) is 11.1 Å². The molecule has 22 heavy (non-hydrogen) atoms. The zero-order chi connectivity index (χ0) is 16.3. The molecule has 1 heterocycles. The number of carbonyl (C=O) groups excluding carboxylic acids is 1. The summed E-state index contributed by atoms with van der Waals surface area (Å²) in [5.41, 5.74) is 0.535. The van der Waals surface area contributed by atoms with Crippen LogP contribution in [-0.4, -0.2) is 18.2 Å². The zero-order valence-corrected chi connectivity index (χ0v) is 12.8.